The van der Waals surface area contributed by atoms with Crippen molar-refractivity contribution in [1.29, 1.82) is 0 Å². The molecule has 12 heteroatoms. The van der Waals surface area contributed by atoms with E-state index in [2.05, 4.69) is 33.3 Å². The zero-order valence-electron chi connectivity index (χ0n) is 26.0. The average molecular weight is 673 g/mol. The maximum absolute atomic E-state index is 12.8. The molecule has 4 aromatic carbocycles. The molecule has 0 saturated carbocycles. The number of halogens is 1. The lowest BCUT2D eigenvalue weighted by atomic mass is 9.95. The number of methoxy groups -OCH3 is 1. The first-order chi connectivity index (χ1) is 22.8. The van der Waals surface area contributed by atoms with Crippen molar-refractivity contribution in [2.75, 3.05) is 20.3 Å². The fourth-order valence-corrected chi connectivity index (χ4v) is 5.68. The van der Waals surface area contributed by atoms with Gasteiger partial charge in [-0.15, -0.1) is 0 Å². The number of benzene rings is 4. The molecule has 0 aliphatic carbocycles. The third-order valence-electron chi connectivity index (χ3n) is 7.26. The van der Waals surface area contributed by atoms with Gasteiger partial charge in [-0.05, 0) is 66.2 Å². The lowest BCUT2D eigenvalue weighted by Crippen LogP contribution is -2.45. The minimum absolute atomic E-state index is 0.217. The van der Waals surface area contributed by atoms with E-state index in [4.69, 9.17) is 42.8 Å². The lowest BCUT2D eigenvalue weighted by Gasteiger charge is -2.30. The quantitative estimate of drug-likeness (QED) is 0.0724. The summed E-state index contributed by atoms with van der Waals surface area (Å²) in [5, 5.41) is 13.0. The number of nitrogens with zero attached hydrogens (tertiary/aromatic N) is 1. The first-order valence-corrected chi connectivity index (χ1v) is 15.5. The minimum Gasteiger partial charge on any atom is -0.493 e. The molecule has 0 fully saturated rings. The van der Waals surface area contributed by atoms with Crippen molar-refractivity contribution in [3.63, 3.8) is 0 Å². The number of para-hydroxylation sites is 1. The van der Waals surface area contributed by atoms with Crippen molar-refractivity contribution in [2.45, 2.75) is 26.5 Å². The molecule has 0 spiro atoms. The number of ether oxygens (including phenoxy) is 4. The number of esters is 1. The Morgan fingerprint density at radius 3 is 2.60 bits per heavy atom. The largest absolute Gasteiger partial charge is 0.493 e. The molecule has 1 amide bonds. The molecule has 242 valence electrons. The first kappa shape index (κ1) is 33.2. The van der Waals surface area contributed by atoms with Gasteiger partial charge in [0.05, 0.1) is 36.6 Å². The number of fused-ring (bicyclic) bond motifs is 1. The summed E-state index contributed by atoms with van der Waals surface area (Å²) in [6.45, 7) is 3.65. The van der Waals surface area contributed by atoms with Crippen LogP contribution in [-0.4, -0.2) is 43.5 Å². The molecule has 1 aliphatic rings. The molecule has 0 aromatic heterocycles. The number of allylic oxidation sites excluding steroid dienone is 1. The fourth-order valence-electron chi connectivity index (χ4n) is 5.13. The van der Waals surface area contributed by atoms with E-state index >= 15 is 0 Å². The molecule has 1 heterocycles. The second-order valence-corrected chi connectivity index (χ2v) is 11.2. The van der Waals surface area contributed by atoms with E-state index in [9.17, 15) is 9.59 Å². The number of nitrogens with one attached hydrogen (secondary N) is 3. The summed E-state index contributed by atoms with van der Waals surface area (Å²) in [6.07, 6.45) is 1.44. The monoisotopic (exact) mass is 672 g/mol. The van der Waals surface area contributed by atoms with E-state index in [1.54, 1.807) is 50.2 Å². The van der Waals surface area contributed by atoms with Gasteiger partial charge < -0.3 is 29.6 Å². The molecular formula is C35H33ClN4O6S. The normalized spacial score (nSPS) is 14.4. The van der Waals surface area contributed by atoms with E-state index in [1.165, 1.54) is 13.3 Å². The van der Waals surface area contributed by atoms with Crippen LogP contribution in [0.2, 0.25) is 5.02 Å². The minimum atomic E-state index is -0.640. The van der Waals surface area contributed by atoms with Crippen LogP contribution < -0.4 is 30.3 Å². The van der Waals surface area contributed by atoms with Crippen molar-refractivity contribution in [2.24, 2.45) is 5.10 Å². The maximum Gasteiger partial charge on any atom is 0.338 e. The summed E-state index contributed by atoms with van der Waals surface area (Å²) in [5.74, 6) is 0.216. The topological polar surface area (TPSA) is 120 Å². The molecular weight excluding hydrogens is 640 g/mol. The number of carbonyl (C=O) groups excluding carboxylic acids is 2. The highest BCUT2D eigenvalue weighted by Gasteiger charge is 2.32. The van der Waals surface area contributed by atoms with Gasteiger partial charge >= 0.3 is 5.97 Å². The second kappa shape index (κ2) is 15.4. The number of hydrogen-bond donors (Lipinski definition) is 3. The summed E-state index contributed by atoms with van der Waals surface area (Å²) in [4.78, 5) is 25.4. The Kier molecular flexibility index (Phi) is 10.9. The zero-order chi connectivity index (χ0) is 33.3. The molecule has 47 heavy (non-hydrogen) atoms. The molecule has 0 unspecified atom stereocenters. The number of hydrogen-bond acceptors (Lipinski definition) is 8. The lowest BCUT2D eigenvalue weighted by molar-refractivity contribution is -0.139. The Bertz CT molecular complexity index is 1870. The summed E-state index contributed by atoms with van der Waals surface area (Å²) >= 11 is 11.9. The van der Waals surface area contributed by atoms with Crippen LogP contribution in [0, 0.1) is 0 Å². The second-order valence-electron chi connectivity index (χ2n) is 10.4. The predicted octanol–water partition coefficient (Wildman–Crippen LogP) is 5.97. The van der Waals surface area contributed by atoms with Gasteiger partial charge in [0.1, 0.15) is 12.4 Å². The van der Waals surface area contributed by atoms with Crippen LogP contribution in [0.1, 0.15) is 36.6 Å². The Balaban J connectivity index is 1.22. The Labute approximate surface area is 282 Å². The molecule has 3 N–H and O–H groups in total. The van der Waals surface area contributed by atoms with Gasteiger partial charge in [-0.3, -0.25) is 4.79 Å². The number of amides is 1. The molecule has 1 atom stereocenters. The van der Waals surface area contributed by atoms with Gasteiger partial charge in [0.25, 0.3) is 5.91 Å². The predicted molar refractivity (Wildman–Crippen MR) is 185 cm³/mol. The van der Waals surface area contributed by atoms with Crippen LogP contribution in [-0.2, 0) is 20.9 Å². The van der Waals surface area contributed by atoms with Crippen LogP contribution in [0.25, 0.3) is 10.8 Å². The first-order valence-electron chi connectivity index (χ1n) is 14.7. The molecule has 10 nitrogen and oxygen atoms in total. The third-order valence-corrected chi connectivity index (χ3v) is 7.76. The molecule has 4 aromatic rings. The fraction of sp³-hybridized carbons (Fsp3) is 0.200. The van der Waals surface area contributed by atoms with Crippen LogP contribution in [0.5, 0.6) is 17.2 Å². The molecule has 5 rings (SSSR count). The smallest absolute Gasteiger partial charge is 0.338 e. The van der Waals surface area contributed by atoms with Gasteiger partial charge in [-0.25, -0.2) is 10.2 Å². The molecule has 0 bridgehead atoms. The van der Waals surface area contributed by atoms with Crippen molar-refractivity contribution in [1.82, 2.24) is 16.1 Å². The van der Waals surface area contributed by atoms with E-state index in [0.29, 0.717) is 56.4 Å². The highest BCUT2D eigenvalue weighted by atomic mass is 35.5. The average Bonchev–Trinajstić information content (AvgIpc) is 3.06. The highest BCUT2D eigenvalue weighted by molar-refractivity contribution is 7.80. The van der Waals surface area contributed by atoms with Gasteiger partial charge in [-0.1, -0.05) is 72.3 Å². The van der Waals surface area contributed by atoms with Gasteiger partial charge in [0.15, 0.2) is 23.2 Å². The highest BCUT2D eigenvalue weighted by Crippen LogP contribution is 2.37. The van der Waals surface area contributed by atoms with Crippen LogP contribution in [0.3, 0.4) is 0 Å². The van der Waals surface area contributed by atoms with E-state index < -0.39 is 17.9 Å². The van der Waals surface area contributed by atoms with Crippen molar-refractivity contribution in [3.05, 3.63) is 112 Å². The van der Waals surface area contributed by atoms with Crippen LogP contribution in [0.4, 0.5) is 0 Å². The standard InChI is InChI=1S/C35H33ClN4O6S/c1-4-44-34(42)31-21(2)38-35(47)39-32(31)26-14-7-8-15-28(26)45-20-30(41)40-37-18-22-16-27(36)33(29(17-22)43-3)46-19-24-12-9-11-23-10-5-6-13-25(23)24/h5-18,32H,4,19-20H2,1-3H3,(H,40,41)(H2,38,39,47)/t32-/m1/s1. The third kappa shape index (κ3) is 8.00. The van der Waals surface area contributed by atoms with E-state index in [1.807, 2.05) is 30.3 Å². The van der Waals surface area contributed by atoms with Gasteiger partial charge in [0, 0.05) is 11.3 Å². The van der Waals surface area contributed by atoms with Crippen molar-refractivity contribution < 1.29 is 28.5 Å². The van der Waals surface area contributed by atoms with Crippen LogP contribution >= 0.6 is 23.8 Å². The summed E-state index contributed by atoms with van der Waals surface area (Å²) in [6, 6.07) is 23.9. The Morgan fingerprint density at radius 1 is 1.02 bits per heavy atom. The summed E-state index contributed by atoms with van der Waals surface area (Å²) in [5.41, 5.74) is 5.60. The van der Waals surface area contributed by atoms with Gasteiger partial charge in [-0.2, -0.15) is 5.10 Å². The maximum atomic E-state index is 12.8. The number of carbonyl (C=O) groups is 2. The van der Waals surface area contributed by atoms with Gasteiger partial charge in [0.2, 0.25) is 0 Å². The number of hydrazone groups is 1. The SMILES string of the molecule is CCOC(=O)C1=C(C)NC(=S)N[C@@H]1c1ccccc1OCC(=O)NN=Cc1cc(Cl)c(OCc2cccc3ccccc23)c(OC)c1. The van der Waals surface area contributed by atoms with Crippen molar-refractivity contribution >= 4 is 57.8 Å². The summed E-state index contributed by atoms with van der Waals surface area (Å²) < 4.78 is 22.8. The number of thiocarbonyl (C=S) groups is 1. The Hall–Kier alpha value is -5.13. The molecule has 0 saturated heterocycles. The van der Waals surface area contributed by atoms with Crippen molar-refractivity contribution in [3.8, 4) is 17.2 Å². The molecule has 1 aliphatic heterocycles. The molecule has 0 radical (unpaired) electrons. The van der Waals surface area contributed by atoms with E-state index in [-0.39, 0.29) is 13.2 Å². The number of rotatable bonds is 12. The van der Waals surface area contributed by atoms with E-state index in [0.717, 1.165) is 16.3 Å². The Morgan fingerprint density at radius 2 is 1.79 bits per heavy atom. The zero-order valence-corrected chi connectivity index (χ0v) is 27.5. The summed E-state index contributed by atoms with van der Waals surface area (Å²) in [7, 11) is 1.52. The van der Waals surface area contributed by atoms with Crippen LogP contribution in [0.15, 0.2) is 95.2 Å².